The Balaban J connectivity index is 3.19. The maximum Gasteiger partial charge on any atom is 0.0404 e. The molecule has 0 saturated carbocycles. The molecule has 2 heteroatoms. The lowest BCUT2D eigenvalue weighted by atomic mass is 10.1. The quantitative estimate of drug-likeness (QED) is 0.363. The van der Waals surface area contributed by atoms with Crippen molar-refractivity contribution in [1.82, 2.24) is 5.32 Å². The largest absolute Gasteiger partial charge is 0.311 e. The summed E-state index contributed by atoms with van der Waals surface area (Å²) in [4.78, 5) is 0. The molecule has 0 heterocycles. The molecule has 0 saturated heterocycles. The Morgan fingerprint density at radius 1 is 1.31 bits per heavy atom. The zero-order valence-corrected chi connectivity index (χ0v) is 9.61. The number of allylic oxidation sites excluding steroid dienone is 1. The highest BCUT2D eigenvalue weighted by atomic mass is 35.5. The van der Waals surface area contributed by atoms with E-state index in [1.165, 1.54) is 25.7 Å². The Labute approximate surface area is 87.6 Å². The van der Waals surface area contributed by atoms with Gasteiger partial charge in [-0.3, -0.25) is 0 Å². The molecule has 1 atom stereocenters. The topological polar surface area (TPSA) is 12.0 Å². The van der Waals surface area contributed by atoms with Gasteiger partial charge in [0.1, 0.15) is 0 Å². The standard InChI is InChI=1S/C11H22ClN/c1-3-4-5-8-11(2)13-10-7-6-9-12/h6-7,11,13H,3-5,8-10H2,1-2H3/b7-6+. The average molecular weight is 204 g/mol. The second kappa shape index (κ2) is 10.1. The van der Waals surface area contributed by atoms with Crippen molar-refractivity contribution in [3.8, 4) is 0 Å². The number of rotatable bonds is 8. The summed E-state index contributed by atoms with van der Waals surface area (Å²) >= 11 is 5.50. The second-order valence-electron chi connectivity index (χ2n) is 3.43. The molecule has 0 fully saturated rings. The van der Waals surface area contributed by atoms with Crippen LogP contribution in [0.5, 0.6) is 0 Å². The van der Waals surface area contributed by atoms with E-state index in [4.69, 9.17) is 11.6 Å². The van der Waals surface area contributed by atoms with Crippen LogP contribution in [-0.2, 0) is 0 Å². The third-order valence-corrected chi connectivity index (χ3v) is 2.26. The minimum absolute atomic E-state index is 0.617. The highest BCUT2D eigenvalue weighted by molar-refractivity contribution is 6.18. The lowest BCUT2D eigenvalue weighted by Gasteiger charge is -2.11. The summed E-state index contributed by atoms with van der Waals surface area (Å²) in [7, 11) is 0. The van der Waals surface area contributed by atoms with Gasteiger partial charge in [-0.2, -0.15) is 0 Å². The van der Waals surface area contributed by atoms with Crippen LogP contribution in [0.15, 0.2) is 12.2 Å². The normalized spacial score (nSPS) is 13.8. The first-order chi connectivity index (χ1) is 6.31. The first-order valence-electron chi connectivity index (χ1n) is 5.25. The van der Waals surface area contributed by atoms with Crippen molar-refractivity contribution in [3.63, 3.8) is 0 Å². The fourth-order valence-corrected chi connectivity index (χ4v) is 1.34. The lowest BCUT2D eigenvalue weighted by Crippen LogP contribution is -2.25. The van der Waals surface area contributed by atoms with Crippen molar-refractivity contribution in [2.45, 2.75) is 45.6 Å². The van der Waals surface area contributed by atoms with Crippen molar-refractivity contribution in [2.24, 2.45) is 0 Å². The number of hydrogen-bond donors (Lipinski definition) is 1. The molecule has 0 aromatic heterocycles. The summed E-state index contributed by atoms with van der Waals surface area (Å²) in [5.74, 6) is 0.617. The highest BCUT2D eigenvalue weighted by Crippen LogP contribution is 2.02. The predicted octanol–water partition coefficient (Wildman–Crippen LogP) is 3.34. The number of halogens is 1. The molecule has 1 N–H and O–H groups in total. The number of nitrogens with one attached hydrogen (secondary N) is 1. The fraction of sp³-hybridized carbons (Fsp3) is 0.818. The molecule has 0 aliphatic rings. The smallest absolute Gasteiger partial charge is 0.0404 e. The Bertz CT molecular complexity index is 123. The van der Waals surface area contributed by atoms with Gasteiger partial charge in [-0.05, 0) is 13.3 Å². The molecule has 0 bridgehead atoms. The van der Waals surface area contributed by atoms with Gasteiger partial charge >= 0.3 is 0 Å². The van der Waals surface area contributed by atoms with E-state index in [0.29, 0.717) is 11.9 Å². The van der Waals surface area contributed by atoms with Crippen molar-refractivity contribution < 1.29 is 0 Å². The molecule has 1 unspecified atom stereocenters. The SMILES string of the molecule is CCCCCC(C)NC/C=C/CCl. The van der Waals surface area contributed by atoms with Crippen LogP contribution in [0.2, 0.25) is 0 Å². The van der Waals surface area contributed by atoms with Crippen LogP contribution in [0.3, 0.4) is 0 Å². The van der Waals surface area contributed by atoms with E-state index in [0.717, 1.165) is 6.54 Å². The number of alkyl halides is 1. The van der Waals surface area contributed by atoms with Crippen molar-refractivity contribution in [2.75, 3.05) is 12.4 Å². The number of unbranched alkanes of at least 4 members (excludes halogenated alkanes) is 2. The zero-order valence-electron chi connectivity index (χ0n) is 8.85. The van der Waals surface area contributed by atoms with E-state index >= 15 is 0 Å². The van der Waals surface area contributed by atoms with Gasteiger partial charge in [0, 0.05) is 18.5 Å². The third-order valence-electron chi connectivity index (χ3n) is 2.08. The van der Waals surface area contributed by atoms with Crippen LogP contribution < -0.4 is 5.32 Å². The Hall–Kier alpha value is -0.0100. The van der Waals surface area contributed by atoms with Gasteiger partial charge in [0.15, 0.2) is 0 Å². The fourth-order valence-electron chi connectivity index (χ4n) is 1.22. The van der Waals surface area contributed by atoms with Gasteiger partial charge < -0.3 is 5.32 Å². The summed E-state index contributed by atoms with van der Waals surface area (Å²) < 4.78 is 0. The van der Waals surface area contributed by atoms with Crippen LogP contribution in [0.1, 0.15) is 39.5 Å². The van der Waals surface area contributed by atoms with Crippen LogP contribution in [0.25, 0.3) is 0 Å². The summed E-state index contributed by atoms with van der Waals surface area (Å²) in [5.41, 5.74) is 0. The average Bonchev–Trinajstić information content (AvgIpc) is 2.13. The lowest BCUT2D eigenvalue weighted by molar-refractivity contribution is 0.509. The molecular weight excluding hydrogens is 182 g/mol. The second-order valence-corrected chi connectivity index (χ2v) is 3.74. The first-order valence-corrected chi connectivity index (χ1v) is 5.79. The van der Waals surface area contributed by atoms with Gasteiger partial charge in [0.25, 0.3) is 0 Å². The van der Waals surface area contributed by atoms with Crippen LogP contribution in [-0.4, -0.2) is 18.5 Å². The monoisotopic (exact) mass is 203 g/mol. The molecule has 0 aliphatic heterocycles. The molecular formula is C11H22ClN. The van der Waals surface area contributed by atoms with Gasteiger partial charge in [-0.1, -0.05) is 38.3 Å². The zero-order chi connectivity index (χ0) is 9.94. The molecule has 0 aliphatic carbocycles. The summed E-state index contributed by atoms with van der Waals surface area (Å²) in [6, 6.07) is 0.631. The molecule has 0 aromatic carbocycles. The Morgan fingerprint density at radius 3 is 2.69 bits per heavy atom. The third kappa shape index (κ3) is 9.91. The van der Waals surface area contributed by atoms with Gasteiger partial charge in [-0.15, -0.1) is 11.6 Å². The molecule has 0 amide bonds. The molecule has 13 heavy (non-hydrogen) atoms. The minimum atomic E-state index is 0.617. The molecule has 0 radical (unpaired) electrons. The van der Waals surface area contributed by atoms with Gasteiger partial charge in [0.05, 0.1) is 0 Å². The van der Waals surface area contributed by atoms with Crippen LogP contribution >= 0.6 is 11.6 Å². The number of hydrogen-bond acceptors (Lipinski definition) is 1. The predicted molar refractivity (Wildman–Crippen MR) is 61.5 cm³/mol. The first kappa shape index (κ1) is 13.0. The van der Waals surface area contributed by atoms with Crippen LogP contribution in [0.4, 0.5) is 0 Å². The van der Waals surface area contributed by atoms with Crippen molar-refractivity contribution in [1.29, 1.82) is 0 Å². The molecule has 0 aromatic rings. The molecule has 0 spiro atoms. The van der Waals surface area contributed by atoms with E-state index in [1.54, 1.807) is 0 Å². The highest BCUT2D eigenvalue weighted by Gasteiger charge is 1.97. The van der Waals surface area contributed by atoms with Gasteiger partial charge in [0.2, 0.25) is 0 Å². The maximum absolute atomic E-state index is 5.50. The maximum atomic E-state index is 5.50. The molecule has 1 nitrogen and oxygen atoms in total. The summed E-state index contributed by atoms with van der Waals surface area (Å²) in [6.07, 6.45) is 9.34. The van der Waals surface area contributed by atoms with Crippen molar-refractivity contribution in [3.05, 3.63) is 12.2 Å². The van der Waals surface area contributed by atoms with Crippen LogP contribution in [0, 0.1) is 0 Å². The summed E-state index contributed by atoms with van der Waals surface area (Å²) in [5, 5.41) is 3.43. The Kier molecular flexibility index (Phi) is 10.1. The summed E-state index contributed by atoms with van der Waals surface area (Å²) in [6.45, 7) is 5.42. The Morgan fingerprint density at radius 2 is 2.08 bits per heavy atom. The van der Waals surface area contributed by atoms with E-state index in [2.05, 4.69) is 25.2 Å². The molecule has 78 valence electrons. The van der Waals surface area contributed by atoms with Crippen molar-refractivity contribution >= 4 is 11.6 Å². The van der Waals surface area contributed by atoms with E-state index in [1.807, 2.05) is 6.08 Å². The van der Waals surface area contributed by atoms with E-state index in [9.17, 15) is 0 Å². The minimum Gasteiger partial charge on any atom is -0.311 e. The van der Waals surface area contributed by atoms with Gasteiger partial charge in [-0.25, -0.2) is 0 Å². The van der Waals surface area contributed by atoms with E-state index < -0.39 is 0 Å². The molecule has 0 rings (SSSR count). The van der Waals surface area contributed by atoms with E-state index in [-0.39, 0.29) is 0 Å².